The lowest BCUT2D eigenvalue weighted by Gasteiger charge is -2.17. The van der Waals surface area contributed by atoms with Gasteiger partial charge in [0.1, 0.15) is 0 Å². The lowest BCUT2D eigenvalue weighted by molar-refractivity contribution is -0.127. The molecule has 0 atom stereocenters. The largest absolute Gasteiger partial charge is 0.393 e. The predicted octanol–water partition coefficient (Wildman–Crippen LogP) is 5.89. The predicted molar refractivity (Wildman–Crippen MR) is 136 cm³/mol. The number of allylic oxidation sites excluding steroid dienone is 1. The van der Waals surface area contributed by atoms with Crippen molar-refractivity contribution in [2.45, 2.75) is 44.7 Å². The van der Waals surface area contributed by atoms with Crippen LogP contribution in [0.3, 0.4) is 0 Å². The lowest BCUT2D eigenvalue weighted by atomic mass is 9.99. The number of fused-ring (bicyclic) bond motifs is 1. The fourth-order valence-corrected chi connectivity index (χ4v) is 5.07. The van der Waals surface area contributed by atoms with Gasteiger partial charge in [0.15, 0.2) is 0 Å². The zero-order valence-electron chi connectivity index (χ0n) is 20.1. The van der Waals surface area contributed by atoms with Crippen molar-refractivity contribution in [1.29, 1.82) is 0 Å². The molecule has 1 aliphatic heterocycles. The van der Waals surface area contributed by atoms with Gasteiger partial charge in [-0.3, -0.25) is 14.6 Å². The summed E-state index contributed by atoms with van der Waals surface area (Å²) in [6.07, 6.45) is -0.477. The summed E-state index contributed by atoms with van der Waals surface area (Å²) in [6.45, 7) is 0.581. The second-order valence-electron chi connectivity index (χ2n) is 9.39. The van der Waals surface area contributed by atoms with E-state index in [0.29, 0.717) is 37.1 Å². The number of hydrogen-bond acceptors (Lipinski definition) is 3. The average Bonchev–Trinajstić information content (AvgIpc) is 3.52. The fourth-order valence-electron chi connectivity index (χ4n) is 5.07. The number of halogens is 3. The number of aromatic nitrogens is 1. The van der Waals surface area contributed by atoms with E-state index in [1.807, 2.05) is 30.3 Å². The zero-order chi connectivity index (χ0) is 26.0. The highest BCUT2D eigenvalue weighted by Gasteiger charge is 2.28. The van der Waals surface area contributed by atoms with E-state index in [2.05, 4.69) is 10.3 Å². The first-order chi connectivity index (χ1) is 17.8. The van der Waals surface area contributed by atoms with Crippen molar-refractivity contribution < 1.29 is 22.8 Å². The third-order valence-corrected chi connectivity index (χ3v) is 6.79. The number of anilines is 2. The van der Waals surface area contributed by atoms with Gasteiger partial charge in [-0.25, -0.2) is 0 Å². The SMILES string of the molecule is O=C(Nc1ccc2c(c1)CCN2C(=O)Cc1ccccn1)C1=C(c2ccc(CC(F)(F)F)cc2)CCC1. The molecule has 2 aliphatic rings. The minimum Gasteiger partial charge on any atom is -0.322 e. The maximum absolute atomic E-state index is 13.1. The monoisotopic (exact) mass is 505 g/mol. The number of rotatable bonds is 6. The molecule has 0 spiro atoms. The molecule has 0 unspecified atom stereocenters. The van der Waals surface area contributed by atoms with Crippen LogP contribution in [0.25, 0.3) is 5.57 Å². The number of alkyl halides is 3. The average molecular weight is 506 g/mol. The molecule has 0 radical (unpaired) electrons. The Bertz CT molecular complexity index is 1350. The Morgan fingerprint density at radius 2 is 1.78 bits per heavy atom. The summed E-state index contributed by atoms with van der Waals surface area (Å²) in [4.78, 5) is 32.0. The summed E-state index contributed by atoms with van der Waals surface area (Å²) in [5, 5.41) is 2.98. The number of pyridine rings is 1. The molecule has 0 bridgehead atoms. The van der Waals surface area contributed by atoms with Gasteiger partial charge in [-0.05, 0) is 78.3 Å². The van der Waals surface area contributed by atoms with Gasteiger partial charge < -0.3 is 10.2 Å². The van der Waals surface area contributed by atoms with Crippen LogP contribution in [0.15, 0.2) is 72.4 Å². The second kappa shape index (κ2) is 10.2. The van der Waals surface area contributed by atoms with Gasteiger partial charge in [0.25, 0.3) is 5.91 Å². The summed E-state index contributed by atoms with van der Waals surface area (Å²) in [5.41, 5.74) is 5.74. The van der Waals surface area contributed by atoms with Crippen LogP contribution < -0.4 is 10.2 Å². The number of carbonyl (C=O) groups excluding carboxylic acids is 2. The van der Waals surface area contributed by atoms with Crippen LogP contribution in [0, 0.1) is 0 Å². The Balaban J connectivity index is 1.28. The van der Waals surface area contributed by atoms with E-state index in [1.54, 1.807) is 29.3 Å². The molecule has 190 valence electrons. The van der Waals surface area contributed by atoms with Gasteiger partial charge in [0.2, 0.25) is 5.91 Å². The highest BCUT2D eigenvalue weighted by molar-refractivity contribution is 6.09. The van der Waals surface area contributed by atoms with Crippen molar-refractivity contribution in [1.82, 2.24) is 4.98 Å². The molecule has 2 amide bonds. The van der Waals surface area contributed by atoms with E-state index in [0.717, 1.165) is 34.5 Å². The van der Waals surface area contributed by atoms with Crippen molar-refractivity contribution in [3.05, 3.63) is 94.8 Å². The number of amides is 2. The van der Waals surface area contributed by atoms with Gasteiger partial charge in [-0.2, -0.15) is 13.2 Å². The van der Waals surface area contributed by atoms with Crippen LogP contribution in [-0.2, 0) is 28.9 Å². The topological polar surface area (TPSA) is 62.3 Å². The van der Waals surface area contributed by atoms with Gasteiger partial charge in [0, 0.05) is 35.4 Å². The molecular formula is C29H26F3N3O2. The van der Waals surface area contributed by atoms with Crippen LogP contribution in [0.1, 0.15) is 41.6 Å². The highest BCUT2D eigenvalue weighted by atomic mass is 19.4. The molecule has 37 heavy (non-hydrogen) atoms. The van der Waals surface area contributed by atoms with Crippen LogP contribution in [0.2, 0.25) is 0 Å². The maximum Gasteiger partial charge on any atom is 0.393 e. The standard InChI is InChI=1S/C29H26F3N3O2/c30-29(31,32)18-19-7-9-20(10-8-19)24-5-3-6-25(24)28(37)34-23-11-12-26-21(16-23)13-15-35(26)27(36)17-22-4-1-2-14-33-22/h1-2,4,7-12,14,16H,3,5-6,13,15,17-18H2,(H,34,37). The van der Waals surface area contributed by atoms with E-state index in [4.69, 9.17) is 0 Å². The van der Waals surface area contributed by atoms with Gasteiger partial charge in [-0.15, -0.1) is 0 Å². The van der Waals surface area contributed by atoms with E-state index < -0.39 is 12.6 Å². The molecule has 1 N–H and O–H groups in total. The molecule has 3 aromatic rings. The quantitative estimate of drug-likeness (QED) is 0.454. The summed E-state index contributed by atoms with van der Waals surface area (Å²) in [5.74, 6) is -0.218. The Morgan fingerprint density at radius 3 is 2.51 bits per heavy atom. The number of benzene rings is 2. The van der Waals surface area contributed by atoms with Crippen molar-refractivity contribution >= 4 is 28.8 Å². The van der Waals surface area contributed by atoms with Crippen LogP contribution >= 0.6 is 0 Å². The molecule has 8 heteroatoms. The zero-order valence-corrected chi connectivity index (χ0v) is 20.1. The molecule has 2 heterocycles. The van der Waals surface area contributed by atoms with Crippen molar-refractivity contribution in [2.75, 3.05) is 16.8 Å². The van der Waals surface area contributed by atoms with Crippen LogP contribution in [0.4, 0.5) is 24.5 Å². The number of nitrogens with one attached hydrogen (secondary N) is 1. The minimum atomic E-state index is -4.25. The fraction of sp³-hybridized carbons (Fsp3) is 0.276. The lowest BCUT2D eigenvalue weighted by Crippen LogP contribution is -2.30. The maximum atomic E-state index is 13.1. The van der Waals surface area contributed by atoms with Crippen LogP contribution in [0.5, 0.6) is 0 Å². The molecule has 2 aromatic carbocycles. The first-order valence-corrected chi connectivity index (χ1v) is 12.3. The number of nitrogens with zero attached hydrogens (tertiary/aromatic N) is 2. The normalized spacial score (nSPS) is 15.2. The molecule has 5 nitrogen and oxygen atoms in total. The van der Waals surface area contributed by atoms with E-state index in [1.165, 1.54) is 12.1 Å². The summed E-state index contributed by atoms with van der Waals surface area (Å²) in [7, 11) is 0. The number of hydrogen-bond donors (Lipinski definition) is 1. The van der Waals surface area contributed by atoms with Crippen LogP contribution in [-0.4, -0.2) is 29.5 Å². The van der Waals surface area contributed by atoms with E-state index >= 15 is 0 Å². The molecule has 1 aliphatic carbocycles. The molecule has 0 fully saturated rings. The summed E-state index contributed by atoms with van der Waals surface area (Å²) >= 11 is 0. The first-order valence-electron chi connectivity index (χ1n) is 12.3. The summed E-state index contributed by atoms with van der Waals surface area (Å²) in [6, 6.07) is 17.4. The summed E-state index contributed by atoms with van der Waals surface area (Å²) < 4.78 is 38.0. The number of carbonyl (C=O) groups is 2. The van der Waals surface area contributed by atoms with Gasteiger partial charge >= 0.3 is 6.18 Å². The molecule has 1 aromatic heterocycles. The second-order valence-corrected chi connectivity index (χ2v) is 9.39. The van der Waals surface area contributed by atoms with Crippen molar-refractivity contribution in [3.8, 4) is 0 Å². The molecule has 0 saturated heterocycles. The van der Waals surface area contributed by atoms with E-state index in [-0.39, 0.29) is 23.8 Å². The molecule has 0 saturated carbocycles. The highest BCUT2D eigenvalue weighted by Crippen LogP contribution is 2.36. The Labute approximate surface area is 213 Å². The van der Waals surface area contributed by atoms with E-state index in [9.17, 15) is 22.8 Å². The Morgan fingerprint density at radius 1 is 0.973 bits per heavy atom. The van der Waals surface area contributed by atoms with Crippen molar-refractivity contribution in [2.24, 2.45) is 0 Å². The molecule has 5 rings (SSSR count). The van der Waals surface area contributed by atoms with Gasteiger partial charge in [-0.1, -0.05) is 30.3 Å². The Kier molecular flexibility index (Phi) is 6.82. The third-order valence-electron chi connectivity index (χ3n) is 6.79. The first kappa shape index (κ1) is 24.7. The Hall–Kier alpha value is -3.94. The smallest absolute Gasteiger partial charge is 0.322 e. The molecular weight excluding hydrogens is 479 g/mol. The van der Waals surface area contributed by atoms with Gasteiger partial charge in [0.05, 0.1) is 12.8 Å². The third kappa shape index (κ3) is 5.74. The minimum absolute atomic E-state index is 0.0174. The van der Waals surface area contributed by atoms with Crippen molar-refractivity contribution in [3.63, 3.8) is 0 Å².